The predicted octanol–water partition coefficient (Wildman–Crippen LogP) is 2.17. The van der Waals surface area contributed by atoms with Gasteiger partial charge in [-0.2, -0.15) is 13.2 Å². The molecule has 82 valence electrons. The number of nitrogens with zero attached hydrogens (tertiary/aromatic N) is 1. The van der Waals surface area contributed by atoms with Crippen LogP contribution in [-0.4, -0.2) is 15.7 Å². The van der Waals surface area contributed by atoms with Crippen LogP contribution < -0.4 is 0 Å². The second-order valence-electron chi connectivity index (χ2n) is 3.95. The lowest BCUT2D eigenvalue weighted by molar-refractivity contribution is -0.141. The van der Waals surface area contributed by atoms with E-state index in [1.807, 2.05) is 0 Å². The second kappa shape index (κ2) is 3.20. The van der Waals surface area contributed by atoms with Gasteiger partial charge in [0.15, 0.2) is 0 Å². The van der Waals surface area contributed by atoms with E-state index >= 15 is 0 Å². The molecule has 15 heavy (non-hydrogen) atoms. The minimum atomic E-state index is -4.39. The lowest BCUT2D eigenvalue weighted by Gasteiger charge is -2.09. The average molecular weight is 217 g/mol. The van der Waals surface area contributed by atoms with Gasteiger partial charge in [0.05, 0.1) is 5.60 Å². The van der Waals surface area contributed by atoms with Crippen molar-refractivity contribution in [2.24, 2.45) is 0 Å². The molecule has 0 unspecified atom stereocenters. The summed E-state index contributed by atoms with van der Waals surface area (Å²) < 4.78 is 36.5. The summed E-state index contributed by atoms with van der Waals surface area (Å²) in [6, 6.07) is 2.31. The zero-order valence-corrected chi connectivity index (χ0v) is 7.88. The van der Waals surface area contributed by atoms with E-state index in [0.717, 1.165) is 6.07 Å². The maximum Gasteiger partial charge on any atom is 0.433 e. The first kappa shape index (κ1) is 10.4. The summed E-state index contributed by atoms with van der Waals surface area (Å²) in [7, 11) is 0. The number of halogens is 3. The van der Waals surface area contributed by atoms with Crippen molar-refractivity contribution < 1.29 is 18.3 Å². The Kier molecular flexibility index (Phi) is 2.22. The molecule has 2 nitrogen and oxygen atoms in total. The molecule has 0 saturated heterocycles. The minimum Gasteiger partial charge on any atom is -0.390 e. The number of rotatable bonds is 2. The number of aromatic nitrogens is 1. The molecule has 5 heteroatoms. The normalized spacial score (nSPS) is 18.9. The number of pyridine rings is 1. The number of hydrogen-bond acceptors (Lipinski definition) is 2. The maximum atomic E-state index is 12.2. The first-order valence-electron chi connectivity index (χ1n) is 4.64. The molecule has 2 rings (SSSR count). The van der Waals surface area contributed by atoms with Crippen LogP contribution in [0.2, 0.25) is 0 Å². The topological polar surface area (TPSA) is 33.1 Å². The summed E-state index contributed by atoms with van der Waals surface area (Å²) in [5.74, 6) is 0. The fourth-order valence-electron chi connectivity index (χ4n) is 1.40. The van der Waals surface area contributed by atoms with Crippen molar-refractivity contribution in [1.29, 1.82) is 0 Å². The predicted molar refractivity (Wildman–Crippen MR) is 47.1 cm³/mol. The van der Waals surface area contributed by atoms with Crippen LogP contribution in [0.25, 0.3) is 0 Å². The molecule has 0 aromatic carbocycles. The fraction of sp³-hybridized carbons (Fsp3) is 0.500. The molecule has 0 aliphatic heterocycles. The van der Waals surface area contributed by atoms with Gasteiger partial charge in [-0.05, 0) is 24.5 Å². The van der Waals surface area contributed by atoms with Gasteiger partial charge >= 0.3 is 6.18 Å². The summed E-state index contributed by atoms with van der Waals surface area (Å²) in [5.41, 5.74) is -0.946. The summed E-state index contributed by atoms with van der Waals surface area (Å²) in [4.78, 5) is 3.33. The molecule has 0 atom stereocenters. The van der Waals surface area contributed by atoms with Crippen molar-refractivity contribution in [2.45, 2.75) is 31.0 Å². The van der Waals surface area contributed by atoms with E-state index in [4.69, 9.17) is 0 Å². The highest BCUT2D eigenvalue weighted by Crippen LogP contribution is 2.38. The summed E-state index contributed by atoms with van der Waals surface area (Å²) >= 11 is 0. The Morgan fingerprint density at radius 2 is 2.00 bits per heavy atom. The van der Waals surface area contributed by atoms with E-state index in [-0.39, 0.29) is 0 Å². The van der Waals surface area contributed by atoms with Crippen molar-refractivity contribution in [2.75, 3.05) is 0 Å². The number of aliphatic hydroxyl groups is 1. The molecule has 1 aromatic rings. The Balaban J connectivity index is 2.10. The molecule has 0 radical (unpaired) electrons. The van der Waals surface area contributed by atoms with Crippen LogP contribution in [0.4, 0.5) is 13.2 Å². The van der Waals surface area contributed by atoms with Gasteiger partial charge in [-0.25, -0.2) is 0 Å². The molecule has 1 N–H and O–H groups in total. The van der Waals surface area contributed by atoms with Gasteiger partial charge in [0, 0.05) is 12.6 Å². The largest absolute Gasteiger partial charge is 0.433 e. The zero-order valence-electron chi connectivity index (χ0n) is 7.88. The van der Waals surface area contributed by atoms with Gasteiger partial charge in [0.2, 0.25) is 0 Å². The molecule has 1 heterocycles. The SMILES string of the molecule is OC1(Cc2ccc(C(F)(F)F)nc2)CC1. The monoisotopic (exact) mass is 217 g/mol. The molecule has 0 amide bonds. The number of hydrogen-bond donors (Lipinski definition) is 1. The van der Waals surface area contributed by atoms with Crippen LogP contribution in [0.3, 0.4) is 0 Å². The lowest BCUT2D eigenvalue weighted by atomic mass is 10.1. The lowest BCUT2D eigenvalue weighted by Crippen LogP contribution is -2.12. The Labute approximate surface area is 84.8 Å². The molecule has 1 aliphatic rings. The van der Waals surface area contributed by atoms with Crippen LogP contribution in [0.1, 0.15) is 24.1 Å². The van der Waals surface area contributed by atoms with Crippen LogP contribution in [0.5, 0.6) is 0 Å². The van der Waals surface area contributed by atoms with E-state index < -0.39 is 17.5 Å². The smallest absolute Gasteiger partial charge is 0.390 e. The third-order valence-electron chi connectivity index (χ3n) is 2.48. The Morgan fingerprint density at radius 3 is 2.40 bits per heavy atom. The highest BCUT2D eigenvalue weighted by molar-refractivity contribution is 5.19. The molecule has 1 aliphatic carbocycles. The maximum absolute atomic E-state index is 12.2. The van der Waals surface area contributed by atoms with Gasteiger partial charge in [-0.1, -0.05) is 6.07 Å². The highest BCUT2D eigenvalue weighted by atomic mass is 19.4. The molecule has 1 saturated carbocycles. The quantitative estimate of drug-likeness (QED) is 0.823. The first-order valence-corrected chi connectivity index (χ1v) is 4.64. The van der Waals surface area contributed by atoms with Crippen molar-refractivity contribution in [3.63, 3.8) is 0 Å². The Bertz CT molecular complexity index is 354. The van der Waals surface area contributed by atoms with Crippen LogP contribution >= 0.6 is 0 Å². The number of alkyl halides is 3. The van der Waals surface area contributed by atoms with Crippen LogP contribution in [0.15, 0.2) is 18.3 Å². The van der Waals surface area contributed by atoms with Gasteiger partial charge in [-0.3, -0.25) is 4.98 Å². The second-order valence-corrected chi connectivity index (χ2v) is 3.95. The van der Waals surface area contributed by atoms with E-state index in [1.165, 1.54) is 12.3 Å². The van der Waals surface area contributed by atoms with E-state index in [1.54, 1.807) is 0 Å². The van der Waals surface area contributed by atoms with Gasteiger partial charge in [-0.15, -0.1) is 0 Å². The minimum absolute atomic E-state index is 0.387. The van der Waals surface area contributed by atoms with Crippen LogP contribution in [0, 0.1) is 0 Å². The molecular weight excluding hydrogens is 207 g/mol. The molecule has 0 bridgehead atoms. The van der Waals surface area contributed by atoms with Crippen LogP contribution in [-0.2, 0) is 12.6 Å². The van der Waals surface area contributed by atoms with Crippen molar-refractivity contribution in [1.82, 2.24) is 4.98 Å². The van der Waals surface area contributed by atoms with Crippen molar-refractivity contribution in [3.05, 3.63) is 29.6 Å². The summed E-state index contributed by atoms with van der Waals surface area (Å²) in [6.07, 6.45) is -1.39. The Hall–Kier alpha value is -1.10. The summed E-state index contributed by atoms with van der Waals surface area (Å²) in [5, 5.41) is 9.56. The molecule has 1 fully saturated rings. The van der Waals surface area contributed by atoms with Gasteiger partial charge < -0.3 is 5.11 Å². The van der Waals surface area contributed by atoms with Crippen molar-refractivity contribution >= 4 is 0 Å². The standard InChI is InChI=1S/C10H10F3NO/c11-10(12,13)8-2-1-7(6-14-8)5-9(15)3-4-9/h1-2,6,15H,3-5H2. The highest BCUT2D eigenvalue weighted by Gasteiger charge is 2.40. The first-order chi connectivity index (χ1) is 6.89. The van der Waals surface area contributed by atoms with Gasteiger partial charge in [0.1, 0.15) is 5.69 Å². The van der Waals surface area contributed by atoms with E-state index in [9.17, 15) is 18.3 Å². The third kappa shape index (κ3) is 2.47. The molecular formula is C10H10F3NO. The van der Waals surface area contributed by atoms with E-state index in [2.05, 4.69) is 4.98 Å². The van der Waals surface area contributed by atoms with Crippen molar-refractivity contribution in [3.8, 4) is 0 Å². The van der Waals surface area contributed by atoms with E-state index in [0.29, 0.717) is 24.8 Å². The Morgan fingerprint density at radius 1 is 1.33 bits per heavy atom. The summed E-state index contributed by atoms with van der Waals surface area (Å²) in [6.45, 7) is 0. The third-order valence-corrected chi connectivity index (χ3v) is 2.48. The average Bonchev–Trinajstić information content (AvgIpc) is 2.82. The van der Waals surface area contributed by atoms with Gasteiger partial charge in [0.25, 0.3) is 0 Å². The molecule has 0 spiro atoms. The molecule has 1 aromatic heterocycles. The fourth-order valence-corrected chi connectivity index (χ4v) is 1.40. The zero-order chi connectivity index (χ0) is 11.1.